The minimum atomic E-state index is 0.149. The third-order valence-electron chi connectivity index (χ3n) is 4.91. The van der Waals surface area contributed by atoms with Gasteiger partial charge in [-0.15, -0.1) is 0 Å². The maximum absolute atomic E-state index is 6.08. The summed E-state index contributed by atoms with van der Waals surface area (Å²) in [4.78, 5) is 13.9. The summed E-state index contributed by atoms with van der Waals surface area (Å²) < 4.78 is 6.08. The molecule has 2 unspecified atom stereocenters. The van der Waals surface area contributed by atoms with Gasteiger partial charge in [0.25, 0.3) is 0 Å². The summed E-state index contributed by atoms with van der Waals surface area (Å²) >= 11 is 0. The van der Waals surface area contributed by atoms with Gasteiger partial charge >= 0.3 is 0 Å². The smallest absolute Gasteiger partial charge is 0.129 e. The zero-order chi connectivity index (χ0) is 18.4. The fraction of sp³-hybridized carbons (Fsp3) is 0.227. The van der Waals surface area contributed by atoms with E-state index in [0.717, 1.165) is 52.0 Å². The molecule has 3 aliphatic rings. The van der Waals surface area contributed by atoms with Crippen molar-refractivity contribution in [3.63, 3.8) is 0 Å². The first-order valence-corrected chi connectivity index (χ1v) is 9.20. The number of hydrogen-bond donors (Lipinski definition) is 1. The van der Waals surface area contributed by atoms with Crippen molar-refractivity contribution in [2.75, 3.05) is 0 Å². The molecule has 134 valence electrons. The van der Waals surface area contributed by atoms with Crippen molar-refractivity contribution < 1.29 is 4.74 Å². The van der Waals surface area contributed by atoms with Crippen LogP contribution in [0.2, 0.25) is 0 Å². The van der Waals surface area contributed by atoms with Crippen molar-refractivity contribution >= 4 is 17.1 Å². The molecule has 0 fully saturated rings. The Balaban J connectivity index is 1.35. The number of benzene rings is 1. The van der Waals surface area contributed by atoms with Crippen LogP contribution in [0.25, 0.3) is 0 Å². The number of ether oxygens (including phenoxy) is 1. The third-order valence-corrected chi connectivity index (χ3v) is 4.91. The van der Waals surface area contributed by atoms with Gasteiger partial charge in [-0.3, -0.25) is 20.3 Å². The second-order valence-corrected chi connectivity index (χ2v) is 7.07. The Morgan fingerprint density at radius 3 is 3.00 bits per heavy atom. The maximum atomic E-state index is 6.08. The number of rotatable bonds is 3. The summed E-state index contributed by atoms with van der Waals surface area (Å²) in [7, 11) is 0. The number of allylic oxidation sites excluding steroid dienone is 1. The van der Waals surface area contributed by atoms with E-state index in [1.165, 1.54) is 0 Å². The molecular formula is C22H20N4O. The Hall–Kier alpha value is -3.05. The van der Waals surface area contributed by atoms with Crippen LogP contribution >= 0.6 is 0 Å². The Bertz CT molecular complexity index is 1050. The second kappa shape index (κ2) is 6.28. The van der Waals surface area contributed by atoms with Crippen molar-refractivity contribution in [3.05, 3.63) is 77.3 Å². The molecule has 2 aliphatic heterocycles. The maximum Gasteiger partial charge on any atom is 0.129 e. The lowest BCUT2D eigenvalue weighted by molar-refractivity contribution is 0.443. The average Bonchev–Trinajstić information content (AvgIpc) is 3.23. The highest BCUT2D eigenvalue weighted by Crippen LogP contribution is 2.32. The van der Waals surface area contributed by atoms with Crippen LogP contribution in [0.3, 0.4) is 0 Å². The van der Waals surface area contributed by atoms with E-state index in [1.54, 1.807) is 0 Å². The van der Waals surface area contributed by atoms with Crippen molar-refractivity contribution in [1.29, 1.82) is 0 Å². The van der Waals surface area contributed by atoms with E-state index < -0.39 is 0 Å². The van der Waals surface area contributed by atoms with E-state index in [4.69, 9.17) is 9.73 Å². The van der Waals surface area contributed by atoms with Crippen LogP contribution in [-0.2, 0) is 6.42 Å². The summed E-state index contributed by atoms with van der Waals surface area (Å²) in [6, 6.07) is 12.3. The van der Waals surface area contributed by atoms with Crippen molar-refractivity contribution in [2.45, 2.75) is 32.5 Å². The molecule has 2 atom stereocenters. The van der Waals surface area contributed by atoms with Gasteiger partial charge in [0.1, 0.15) is 11.5 Å². The predicted molar refractivity (Wildman–Crippen MR) is 107 cm³/mol. The van der Waals surface area contributed by atoms with Crippen LogP contribution in [0.1, 0.15) is 23.9 Å². The van der Waals surface area contributed by atoms with E-state index in [9.17, 15) is 0 Å². The number of nitrogens with one attached hydrogen (secondary N) is 1. The van der Waals surface area contributed by atoms with Gasteiger partial charge in [0.2, 0.25) is 0 Å². The number of pyridine rings is 1. The fourth-order valence-corrected chi connectivity index (χ4v) is 3.65. The zero-order valence-corrected chi connectivity index (χ0v) is 15.3. The molecule has 1 aromatic heterocycles. The minimum Gasteiger partial charge on any atom is -0.457 e. The molecule has 2 aromatic rings. The summed E-state index contributed by atoms with van der Waals surface area (Å²) in [6.45, 7) is 4.05. The molecule has 0 saturated carbocycles. The lowest BCUT2D eigenvalue weighted by atomic mass is 10.1. The number of hydrogen-bond acceptors (Lipinski definition) is 5. The highest BCUT2D eigenvalue weighted by Gasteiger charge is 2.24. The molecular weight excluding hydrogens is 336 g/mol. The summed E-state index contributed by atoms with van der Waals surface area (Å²) in [5, 5.41) is 3.39. The molecule has 0 spiro atoms. The molecule has 0 radical (unpaired) electrons. The van der Waals surface area contributed by atoms with Crippen LogP contribution in [0.15, 0.2) is 70.4 Å². The predicted octanol–water partition coefficient (Wildman–Crippen LogP) is 3.66. The van der Waals surface area contributed by atoms with Crippen LogP contribution in [0.4, 0.5) is 5.69 Å². The topological polar surface area (TPSA) is 58.9 Å². The van der Waals surface area contributed by atoms with E-state index in [1.807, 2.05) is 49.4 Å². The van der Waals surface area contributed by atoms with E-state index in [-0.39, 0.29) is 12.2 Å². The summed E-state index contributed by atoms with van der Waals surface area (Å²) in [6.07, 6.45) is 7.02. The quantitative estimate of drug-likeness (QED) is 0.913. The van der Waals surface area contributed by atoms with Gasteiger partial charge in [0, 0.05) is 18.2 Å². The molecule has 27 heavy (non-hydrogen) atoms. The average molecular weight is 356 g/mol. The molecule has 0 bridgehead atoms. The van der Waals surface area contributed by atoms with E-state index in [0.29, 0.717) is 0 Å². The minimum absolute atomic E-state index is 0.149. The number of aromatic nitrogens is 1. The molecule has 1 N–H and O–H groups in total. The monoisotopic (exact) mass is 356 g/mol. The number of nitrogens with zero attached hydrogens (tertiary/aromatic N) is 3. The fourth-order valence-electron chi connectivity index (χ4n) is 3.65. The zero-order valence-electron chi connectivity index (χ0n) is 15.3. The van der Waals surface area contributed by atoms with Crippen LogP contribution in [0, 0.1) is 6.92 Å². The lowest BCUT2D eigenvalue weighted by Crippen LogP contribution is -2.32. The third kappa shape index (κ3) is 3.11. The highest BCUT2D eigenvalue weighted by molar-refractivity contribution is 6.05. The van der Waals surface area contributed by atoms with Gasteiger partial charge < -0.3 is 4.74 Å². The normalized spacial score (nSPS) is 22.7. The molecule has 5 heteroatoms. The van der Waals surface area contributed by atoms with Crippen LogP contribution in [-0.4, -0.2) is 28.6 Å². The first-order chi connectivity index (χ1) is 13.1. The molecule has 3 heterocycles. The number of fused-ring (bicyclic) bond motifs is 2. The lowest BCUT2D eigenvalue weighted by Gasteiger charge is -2.15. The Morgan fingerprint density at radius 2 is 2.11 bits per heavy atom. The van der Waals surface area contributed by atoms with Crippen LogP contribution < -0.4 is 10.1 Å². The molecule has 0 saturated heterocycles. The van der Waals surface area contributed by atoms with E-state index in [2.05, 4.69) is 34.4 Å². The Kier molecular flexibility index (Phi) is 3.76. The van der Waals surface area contributed by atoms with Crippen molar-refractivity contribution in [1.82, 2.24) is 10.3 Å². The van der Waals surface area contributed by atoms with E-state index >= 15 is 0 Å². The molecule has 5 nitrogen and oxygen atoms in total. The van der Waals surface area contributed by atoms with Crippen molar-refractivity contribution in [3.8, 4) is 5.75 Å². The largest absolute Gasteiger partial charge is 0.457 e. The molecule has 1 aromatic carbocycles. The SMILES string of the molecule is Cc1cccc(C2=Nc3ccc(OC4=CC5=NC(C)NC5C=C4)cc3C2)n1. The summed E-state index contributed by atoms with van der Waals surface area (Å²) in [5.74, 6) is 1.62. The van der Waals surface area contributed by atoms with Gasteiger partial charge in [-0.1, -0.05) is 12.1 Å². The Morgan fingerprint density at radius 1 is 1.19 bits per heavy atom. The molecule has 0 amide bonds. The number of aryl methyl sites for hydroxylation is 1. The molecule has 1 aliphatic carbocycles. The van der Waals surface area contributed by atoms with Gasteiger partial charge in [-0.05, 0) is 55.8 Å². The van der Waals surface area contributed by atoms with Gasteiger partial charge in [0.05, 0.1) is 35.0 Å². The first kappa shape index (κ1) is 16.1. The Labute approximate surface area is 158 Å². The first-order valence-electron chi connectivity index (χ1n) is 9.20. The second-order valence-electron chi connectivity index (χ2n) is 7.07. The van der Waals surface area contributed by atoms with Gasteiger partial charge in [-0.25, -0.2) is 0 Å². The van der Waals surface area contributed by atoms with Crippen LogP contribution in [0.5, 0.6) is 5.75 Å². The molecule has 5 rings (SSSR count). The standard InChI is InChI=1S/C22H20N4O/c1-13-4-3-5-19(23-13)21-11-15-10-16(6-8-18(15)26-21)27-17-7-9-20-22(12-17)25-14(2)24-20/h3-10,12,14,20,24H,11H2,1-2H3. The summed E-state index contributed by atoms with van der Waals surface area (Å²) in [5.41, 5.74) is 6.13. The van der Waals surface area contributed by atoms with Gasteiger partial charge in [0.15, 0.2) is 0 Å². The highest BCUT2D eigenvalue weighted by atomic mass is 16.5. The van der Waals surface area contributed by atoms with Gasteiger partial charge in [-0.2, -0.15) is 0 Å². The number of aliphatic imine (C=N–C) groups is 2. The van der Waals surface area contributed by atoms with Crippen molar-refractivity contribution in [2.24, 2.45) is 9.98 Å².